The van der Waals surface area contributed by atoms with Crippen LogP contribution in [0.1, 0.15) is 247 Å². The van der Waals surface area contributed by atoms with Crippen molar-refractivity contribution in [2.75, 3.05) is 47.8 Å². The van der Waals surface area contributed by atoms with Gasteiger partial charge in [-0.1, -0.05) is 164 Å². The number of esters is 5. The van der Waals surface area contributed by atoms with Crippen LogP contribution in [0.3, 0.4) is 0 Å². The van der Waals surface area contributed by atoms with E-state index in [0.717, 1.165) is 68.1 Å². The molecular formula is C106H144Cl2O24. The molecule has 0 saturated heterocycles. The molecule has 24 nitrogen and oxygen atoms in total. The van der Waals surface area contributed by atoms with Crippen molar-refractivity contribution < 1.29 is 116 Å². The Kier molecular flexibility index (Phi) is 28.2. The normalized spacial score (nSPS) is 45.5. The first-order chi connectivity index (χ1) is 61.6. The maximum atomic E-state index is 13.8. The molecule has 16 rings (SSSR count). The minimum absolute atomic E-state index is 0.00592. The topological polar surface area (TPSA) is 356 Å². The number of carbonyl (C=O) groups excluding carboxylic acids is 13. The van der Waals surface area contributed by atoms with Crippen molar-refractivity contribution >= 4 is 99.3 Å². The Hall–Kier alpha value is -7.03. The van der Waals surface area contributed by atoms with E-state index in [4.69, 9.17) is 61.1 Å². The zero-order valence-corrected chi connectivity index (χ0v) is 83.1. The summed E-state index contributed by atoms with van der Waals surface area (Å²) < 4.78 is 44.8. The van der Waals surface area contributed by atoms with Crippen molar-refractivity contribution in [3.05, 3.63) is 95.2 Å². The van der Waals surface area contributed by atoms with E-state index in [0.29, 0.717) is 43.9 Å². The lowest BCUT2D eigenvalue weighted by Crippen LogP contribution is -2.69. The Bertz CT molecular complexity index is 4970. The second-order valence-electron chi connectivity index (χ2n) is 44.2. The molecule has 16 aliphatic rings. The fourth-order valence-electron chi connectivity index (χ4n) is 32.9. The number of aliphatic hydroxyl groups is 3. The predicted octanol–water partition coefficient (Wildman–Crippen LogP) is 15.4. The van der Waals surface area contributed by atoms with Gasteiger partial charge in [-0.15, -0.1) is 23.2 Å². The number of methoxy groups -OCH3 is 3. The van der Waals surface area contributed by atoms with E-state index in [9.17, 15) is 77.6 Å². The molecule has 12 saturated carbocycles. The molecule has 12 fully saturated rings. The van der Waals surface area contributed by atoms with Gasteiger partial charge in [0.15, 0.2) is 54.2 Å². The molecule has 0 unspecified atom stereocenters. The number of allylic oxidation sites excluding steroid dienone is 16. The number of hydrogen-bond acceptors (Lipinski definition) is 24. The van der Waals surface area contributed by atoms with Crippen molar-refractivity contribution in [2.45, 2.75) is 298 Å². The SMILES string of the molecule is CCC(=O)OCC(=O)[C@@]1(OC)[C@@H](C)C[C@H]2[C@@H]3CCC4=CC(=O)C=C[C@]4(C)[C@@]3(Cl)[C@@H](O)C[C@@]21C.CCC(=O)O[C@]1(C(=O)COC(C)=O)[C@@H](C)C[C@H]2[C@@H]3C[C@H](C)C4=CC(=O)C=C[C@]4(C)[C@H]3[C@@H](C)C[C@@]21C.CCC(=O)O[C@]1(C(=O)COC)[C@@H](C)C[C@H]2[C@@H]3CCC4=CC(=O)C=C[C@]4(C)[C@@]3(Cl)[C@@H](O)C[C@@]21C.CO[C@]1(C(=O)COC(C)=O)CC[C@H]2[C@@H]3C[C@H](C)C4=CC(=O)C=C[C@]4(C)[C@H]3[C@@H](O)C[C@@]21C. The summed E-state index contributed by atoms with van der Waals surface area (Å²) in [6, 6.07) is 0. The molecule has 132 heavy (non-hydrogen) atoms. The number of aliphatic hydroxyl groups excluding tert-OH is 3. The van der Waals surface area contributed by atoms with Gasteiger partial charge in [0.25, 0.3) is 0 Å². The lowest BCUT2D eigenvalue weighted by molar-refractivity contribution is -0.203. The predicted molar refractivity (Wildman–Crippen MR) is 492 cm³/mol. The summed E-state index contributed by atoms with van der Waals surface area (Å²) in [5.41, 5.74) is -5.16. The summed E-state index contributed by atoms with van der Waals surface area (Å²) in [5.74, 6) is -2.14. The maximum absolute atomic E-state index is 13.8. The van der Waals surface area contributed by atoms with Crippen molar-refractivity contribution in [3.63, 3.8) is 0 Å². The highest BCUT2D eigenvalue weighted by atomic mass is 35.5. The number of carbonyl (C=O) groups is 13. The number of alkyl halides is 2. The molecule has 26 heteroatoms. The van der Waals surface area contributed by atoms with Crippen molar-refractivity contribution in [2.24, 2.45) is 138 Å². The van der Waals surface area contributed by atoms with E-state index in [2.05, 4.69) is 54.5 Å². The van der Waals surface area contributed by atoms with Crippen molar-refractivity contribution in [1.29, 1.82) is 0 Å². The lowest BCUT2D eigenvalue weighted by Gasteiger charge is -2.64. The Balaban J connectivity index is 0.000000150. The molecule has 0 aromatic heterocycles. The van der Waals surface area contributed by atoms with Crippen LogP contribution in [0.25, 0.3) is 0 Å². The number of fused-ring (bicyclic) bond motifs is 20. The molecule has 0 aromatic rings. The summed E-state index contributed by atoms with van der Waals surface area (Å²) >= 11 is 14.9. The molecule has 33 atom stereocenters. The number of rotatable bonds is 19. The van der Waals surface area contributed by atoms with E-state index in [1.54, 1.807) is 70.4 Å². The first kappa shape index (κ1) is 102. The summed E-state index contributed by atoms with van der Waals surface area (Å²) in [5, 5.41) is 34.9. The third-order valence-electron chi connectivity index (χ3n) is 38.2. The number of ether oxygens (including phenoxy) is 8. The van der Waals surface area contributed by atoms with Crippen LogP contribution in [-0.2, 0) is 100 Å². The van der Waals surface area contributed by atoms with E-state index in [1.807, 2.05) is 72.8 Å². The van der Waals surface area contributed by atoms with Crippen LogP contribution in [0.15, 0.2) is 95.2 Å². The fourth-order valence-corrected chi connectivity index (χ4v) is 33.9. The third kappa shape index (κ3) is 15.0. The van der Waals surface area contributed by atoms with Crippen LogP contribution in [0.2, 0.25) is 0 Å². The molecule has 3 N–H and O–H groups in total. The van der Waals surface area contributed by atoms with Gasteiger partial charge in [-0.3, -0.25) is 62.3 Å². The lowest BCUT2D eigenvalue weighted by atomic mass is 9.43. The first-order valence-electron chi connectivity index (χ1n) is 48.4. The fraction of sp³-hybridized carbons (Fsp3) is 0.726. The highest BCUT2D eigenvalue weighted by Gasteiger charge is 2.80. The zero-order valence-electron chi connectivity index (χ0n) is 81.6. The highest BCUT2D eigenvalue weighted by molar-refractivity contribution is 6.27. The van der Waals surface area contributed by atoms with Crippen molar-refractivity contribution in [1.82, 2.24) is 0 Å². The van der Waals surface area contributed by atoms with Gasteiger partial charge in [0.05, 0.1) is 28.1 Å². The first-order valence-corrected chi connectivity index (χ1v) is 49.2. The molecule has 726 valence electrons. The highest BCUT2D eigenvalue weighted by Crippen LogP contribution is 2.77. The number of ketones is 8. The summed E-state index contributed by atoms with van der Waals surface area (Å²) in [4.78, 5) is 161. The summed E-state index contributed by atoms with van der Waals surface area (Å²) in [7, 11) is 4.55. The number of halogens is 2. The smallest absolute Gasteiger partial charge is 0.306 e. The average molecular weight is 1870 g/mol. The van der Waals surface area contributed by atoms with Gasteiger partial charge in [-0.2, -0.15) is 0 Å². The van der Waals surface area contributed by atoms with Gasteiger partial charge in [0.1, 0.15) is 17.8 Å². The molecule has 16 aliphatic carbocycles. The van der Waals surface area contributed by atoms with Gasteiger partial charge in [0, 0.05) is 116 Å². The molecule has 0 bridgehead atoms. The molecule has 0 radical (unpaired) electrons. The Labute approximate surface area is 788 Å². The van der Waals surface area contributed by atoms with Gasteiger partial charge in [-0.25, -0.2) is 0 Å². The second-order valence-corrected chi connectivity index (χ2v) is 45.4. The van der Waals surface area contributed by atoms with E-state index >= 15 is 0 Å². The van der Waals surface area contributed by atoms with Crippen LogP contribution < -0.4 is 0 Å². The third-order valence-corrected chi connectivity index (χ3v) is 40.0. The second kappa shape index (κ2) is 36.4. The number of hydrogen-bond donors (Lipinski definition) is 3. The standard InChI is InChI=1S/C29H40O6.2C26H35ClO6.C25H34O6/c1-8-25(33)35-29(24(32)15-34-19(5)30)18(4)12-23-21-11-16(2)22-13-20(31)9-10-27(22,6)26(21)17(3)14-28(23,29)7;1-6-22(31)33-14-21(30)26(32-5)15(2)11-19-18-8-7-16-12-17(28)9-10-23(16,3)25(18,27)20(29)13-24(19,26)4;1-6-22(31)33-26(21(30)14-32-5)15(2)11-19-18-8-7-16-12-17(28)9-10-23(16,3)25(18,27)20(29)13-24(19,26)4;1-14-10-17-18-7-9-25(30-5,21(29)13-31-15(2)26)24(18,4)12-20(28)22(17)23(3)8-6-16(27)11-19(14)23/h9-10,13,16-18,21,23,26H,8,11-12,14-15H2,1-7H3;2*9-10,12,15,18-20,29H,6-8,11,13-14H2,1-5H3;6,8,11,14,17-18,20,22,28H,7,9-10,12-13H2,1-5H3/t16-,17-,18-,21-,23-,26-,27-,28-,29-;2*15-,18-,19-,20-,23-,24-,25-,26-;14-,17-,18-,20-,22+,23-,24-,25-/m0000/s1. The minimum atomic E-state index is -1.38. The van der Waals surface area contributed by atoms with Crippen LogP contribution in [0.4, 0.5) is 0 Å². The molecule has 0 spiro atoms. The van der Waals surface area contributed by atoms with Gasteiger partial charge in [-0.05, 0) is 222 Å². The van der Waals surface area contributed by atoms with Crippen LogP contribution in [-0.4, -0.2) is 190 Å². The average Bonchev–Trinajstić information content (AvgIpc) is 1.45. The summed E-state index contributed by atoms with van der Waals surface area (Å²) in [6.07, 6.45) is 29.2. The monoisotopic (exact) mass is 1870 g/mol. The molecular weight excluding hydrogens is 1730 g/mol. The largest absolute Gasteiger partial charge is 0.458 e. The van der Waals surface area contributed by atoms with Crippen LogP contribution in [0.5, 0.6) is 0 Å². The van der Waals surface area contributed by atoms with Gasteiger partial charge < -0.3 is 53.2 Å². The van der Waals surface area contributed by atoms with Gasteiger partial charge >= 0.3 is 29.8 Å². The summed E-state index contributed by atoms with van der Waals surface area (Å²) in [6.45, 7) is 35.7. The maximum Gasteiger partial charge on any atom is 0.306 e. The Morgan fingerprint density at radius 1 is 0.417 bits per heavy atom. The van der Waals surface area contributed by atoms with Crippen LogP contribution in [0, 0.1) is 138 Å². The van der Waals surface area contributed by atoms with Crippen molar-refractivity contribution in [3.8, 4) is 0 Å². The number of Topliss-reactive ketones (excluding diaryl/α,β-unsaturated/α-hetero) is 4. The Morgan fingerprint density at radius 3 is 1.24 bits per heavy atom. The van der Waals surface area contributed by atoms with E-state index < -0.39 is 113 Å². The van der Waals surface area contributed by atoms with Gasteiger partial charge in [0.2, 0.25) is 23.1 Å². The molecule has 0 amide bonds. The molecule has 0 aromatic carbocycles. The molecule has 0 heterocycles. The van der Waals surface area contributed by atoms with E-state index in [-0.39, 0.29) is 198 Å². The Morgan fingerprint density at radius 2 is 0.803 bits per heavy atom. The zero-order chi connectivity index (χ0) is 97.5. The minimum Gasteiger partial charge on any atom is -0.458 e. The van der Waals surface area contributed by atoms with Crippen LogP contribution >= 0.6 is 23.2 Å². The molecule has 0 aliphatic heterocycles. The van der Waals surface area contributed by atoms with E-state index in [1.165, 1.54) is 33.6 Å². The quantitative estimate of drug-likeness (QED) is 0.0614.